The predicted octanol–water partition coefficient (Wildman–Crippen LogP) is 2.75. The maximum absolute atomic E-state index is 5.45. The van der Waals surface area contributed by atoms with Crippen LogP contribution in [-0.4, -0.2) is 16.7 Å². The zero-order valence-electron chi connectivity index (χ0n) is 10.9. The molecule has 4 nitrogen and oxygen atoms in total. The number of hydrogen-bond donors (Lipinski definition) is 1. The van der Waals surface area contributed by atoms with Crippen LogP contribution < -0.4 is 5.73 Å². The van der Waals surface area contributed by atoms with Crippen LogP contribution in [0.2, 0.25) is 0 Å². The van der Waals surface area contributed by atoms with Crippen LogP contribution in [-0.2, 0) is 6.42 Å². The zero-order chi connectivity index (χ0) is 13.0. The smallest absolute Gasteiger partial charge is 0.257 e. The van der Waals surface area contributed by atoms with Crippen LogP contribution in [0.1, 0.15) is 37.6 Å². The van der Waals surface area contributed by atoms with Gasteiger partial charge in [0.1, 0.15) is 0 Å². The van der Waals surface area contributed by atoms with Crippen molar-refractivity contribution in [1.29, 1.82) is 0 Å². The molecule has 0 fully saturated rings. The van der Waals surface area contributed by atoms with Gasteiger partial charge in [-0.2, -0.15) is 4.98 Å². The van der Waals surface area contributed by atoms with Crippen molar-refractivity contribution < 1.29 is 4.52 Å². The summed E-state index contributed by atoms with van der Waals surface area (Å²) < 4.78 is 5.25. The van der Waals surface area contributed by atoms with Crippen LogP contribution in [0.5, 0.6) is 0 Å². The van der Waals surface area contributed by atoms with Gasteiger partial charge in [0.05, 0.1) is 0 Å². The minimum atomic E-state index is 0.529. The average molecular weight is 245 g/mol. The highest BCUT2D eigenvalue weighted by atomic mass is 16.5. The first kappa shape index (κ1) is 12.8. The highest BCUT2D eigenvalue weighted by Crippen LogP contribution is 2.21. The minimum Gasteiger partial charge on any atom is -0.334 e. The lowest BCUT2D eigenvalue weighted by atomic mass is 10.0. The largest absolute Gasteiger partial charge is 0.334 e. The number of hydrogen-bond acceptors (Lipinski definition) is 4. The molecule has 4 heteroatoms. The van der Waals surface area contributed by atoms with E-state index >= 15 is 0 Å². The molecule has 0 amide bonds. The van der Waals surface area contributed by atoms with Crippen molar-refractivity contribution in [1.82, 2.24) is 10.1 Å². The number of nitrogens with zero attached hydrogens (tertiary/aromatic N) is 2. The van der Waals surface area contributed by atoms with Gasteiger partial charge in [-0.15, -0.1) is 0 Å². The van der Waals surface area contributed by atoms with Crippen LogP contribution in [0.25, 0.3) is 11.5 Å². The summed E-state index contributed by atoms with van der Waals surface area (Å²) in [6.45, 7) is 4.99. The number of rotatable bonds is 5. The summed E-state index contributed by atoms with van der Waals surface area (Å²) in [4.78, 5) is 4.36. The second-order valence-electron chi connectivity index (χ2n) is 4.68. The highest BCUT2D eigenvalue weighted by Gasteiger charge is 2.08. The summed E-state index contributed by atoms with van der Waals surface area (Å²) in [5, 5.41) is 3.95. The quantitative estimate of drug-likeness (QED) is 0.879. The Morgan fingerprint density at radius 3 is 2.56 bits per heavy atom. The second-order valence-corrected chi connectivity index (χ2v) is 4.68. The van der Waals surface area contributed by atoms with Crippen molar-refractivity contribution in [3.63, 3.8) is 0 Å². The van der Waals surface area contributed by atoms with Crippen molar-refractivity contribution in [3.8, 4) is 11.5 Å². The molecule has 0 unspecified atom stereocenters. The summed E-state index contributed by atoms with van der Waals surface area (Å²) in [7, 11) is 0. The monoisotopic (exact) mass is 245 g/mol. The minimum absolute atomic E-state index is 0.529. The standard InChI is InChI=1S/C14H19N3O/c1-10(2)11-5-7-12(8-6-11)14-16-13(17-18-14)4-3-9-15/h5-8,10H,3-4,9,15H2,1-2H3. The van der Waals surface area contributed by atoms with Crippen molar-refractivity contribution >= 4 is 0 Å². The molecule has 0 saturated carbocycles. The van der Waals surface area contributed by atoms with E-state index in [0.717, 1.165) is 24.2 Å². The maximum atomic E-state index is 5.45. The third-order valence-corrected chi connectivity index (χ3v) is 2.90. The Kier molecular flexibility index (Phi) is 4.10. The summed E-state index contributed by atoms with van der Waals surface area (Å²) in [6, 6.07) is 8.25. The third kappa shape index (κ3) is 2.96. The molecule has 0 bridgehead atoms. The summed E-state index contributed by atoms with van der Waals surface area (Å²) >= 11 is 0. The molecule has 2 N–H and O–H groups in total. The molecule has 18 heavy (non-hydrogen) atoms. The Morgan fingerprint density at radius 1 is 1.22 bits per heavy atom. The van der Waals surface area contributed by atoms with Gasteiger partial charge < -0.3 is 10.3 Å². The molecule has 0 atom stereocenters. The zero-order valence-corrected chi connectivity index (χ0v) is 10.9. The molecular weight excluding hydrogens is 226 g/mol. The fourth-order valence-corrected chi connectivity index (χ4v) is 1.74. The molecule has 0 radical (unpaired) electrons. The average Bonchev–Trinajstić information content (AvgIpc) is 2.85. The fourth-order valence-electron chi connectivity index (χ4n) is 1.74. The van der Waals surface area contributed by atoms with E-state index in [2.05, 4.69) is 36.1 Å². The topological polar surface area (TPSA) is 64.9 Å². The normalized spacial score (nSPS) is 11.1. The maximum Gasteiger partial charge on any atom is 0.257 e. The van der Waals surface area contributed by atoms with Gasteiger partial charge in [0.25, 0.3) is 5.89 Å². The molecule has 96 valence electrons. The second kappa shape index (κ2) is 5.78. The Morgan fingerprint density at radius 2 is 1.94 bits per heavy atom. The summed E-state index contributed by atoms with van der Waals surface area (Å²) in [5.41, 5.74) is 7.72. The van der Waals surface area contributed by atoms with E-state index in [1.165, 1.54) is 5.56 Å². The van der Waals surface area contributed by atoms with Crippen molar-refractivity contribution in [2.45, 2.75) is 32.6 Å². The lowest BCUT2D eigenvalue weighted by Crippen LogP contribution is -2.01. The van der Waals surface area contributed by atoms with Crippen LogP contribution in [0.15, 0.2) is 28.8 Å². The van der Waals surface area contributed by atoms with Gasteiger partial charge in [0, 0.05) is 12.0 Å². The first-order chi connectivity index (χ1) is 8.70. The van der Waals surface area contributed by atoms with Crippen molar-refractivity contribution in [3.05, 3.63) is 35.7 Å². The number of benzene rings is 1. The molecule has 0 aliphatic heterocycles. The van der Waals surface area contributed by atoms with E-state index in [0.29, 0.717) is 18.4 Å². The highest BCUT2D eigenvalue weighted by molar-refractivity contribution is 5.53. The van der Waals surface area contributed by atoms with E-state index < -0.39 is 0 Å². The molecule has 1 aromatic carbocycles. The molecule has 0 aliphatic rings. The predicted molar refractivity (Wildman–Crippen MR) is 71.2 cm³/mol. The molecule has 1 aromatic heterocycles. The lowest BCUT2D eigenvalue weighted by molar-refractivity contribution is 0.422. The van der Waals surface area contributed by atoms with Gasteiger partial charge in [-0.25, -0.2) is 0 Å². The van der Waals surface area contributed by atoms with Gasteiger partial charge in [0.15, 0.2) is 5.82 Å². The molecule has 0 aliphatic carbocycles. The van der Waals surface area contributed by atoms with Crippen LogP contribution in [0.4, 0.5) is 0 Å². The summed E-state index contributed by atoms with van der Waals surface area (Å²) in [6.07, 6.45) is 1.65. The van der Waals surface area contributed by atoms with Crippen LogP contribution in [0.3, 0.4) is 0 Å². The Labute approximate surface area is 107 Å². The first-order valence-electron chi connectivity index (χ1n) is 6.33. The molecule has 1 heterocycles. The third-order valence-electron chi connectivity index (χ3n) is 2.90. The Hall–Kier alpha value is -1.68. The SMILES string of the molecule is CC(C)c1ccc(-c2nc(CCCN)no2)cc1. The molecule has 0 spiro atoms. The first-order valence-corrected chi connectivity index (χ1v) is 6.33. The van der Waals surface area contributed by atoms with E-state index in [1.807, 2.05) is 12.1 Å². The Bertz CT molecular complexity index is 488. The van der Waals surface area contributed by atoms with Crippen LogP contribution >= 0.6 is 0 Å². The van der Waals surface area contributed by atoms with E-state index in [4.69, 9.17) is 10.3 Å². The van der Waals surface area contributed by atoms with E-state index in [-0.39, 0.29) is 0 Å². The number of nitrogens with two attached hydrogens (primary N) is 1. The van der Waals surface area contributed by atoms with Gasteiger partial charge in [-0.1, -0.05) is 31.1 Å². The van der Waals surface area contributed by atoms with Crippen molar-refractivity contribution in [2.75, 3.05) is 6.54 Å². The lowest BCUT2D eigenvalue weighted by Gasteiger charge is -2.04. The number of aromatic nitrogens is 2. The van der Waals surface area contributed by atoms with E-state index in [1.54, 1.807) is 0 Å². The van der Waals surface area contributed by atoms with Gasteiger partial charge in [-0.05, 0) is 36.6 Å². The van der Waals surface area contributed by atoms with Crippen molar-refractivity contribution in [2.24, 2.45) is 5.73 Å². The molecule has 0 saturated heterocycles. The molecular formula is C14H19N3O. The Balaban J connectivity index is 2.13. The van der Waals surface area contributed by atoms with E-state index in [9.17, 15) is 0 Å². The molecule has 2 rings (SSSR count). The molecule has 2 aromatic rings. The van der Waals surface area contributed by atoms with Gasteiger partial charge >= 0.3 is 0 Å². The number of aryl methyl sites for hydroxylation is 1. The summed E-state index contributed by atoms with van der Waals surface area (Å²) in [5.74, 6) is 1.84. The van der Waals surface area contributed by atoms with Crippen LogP contribution in [0, 0.1) is 0 Å². The fraction of sp³-hybridized carbons (Fsp3) is 0.429. The van der Waals surface area contributed by atoms with Gasteiger partial charge in [-0.3, -0.25) is 0 Å². The van der Waals surface area contributed by atoms with Gasteiger partial charge in [0.2, 0.25) is 0 Å².